The predicted octanol–water partition coefficient (Wildman–Crippen LogP) is 2.88. The molecule has 2 aromatic rings. The van der Waals surface area contributed by atoms with Crippen molar-refractivity contribution >= 4 is 17.3 Å². The van der Waals surface area contributed by atoms with Gasteiger partial charge in [-0.3, -0.25) is 4.79 Å². The highest BCUT2D eigenvalue weighted by Crippen LogP contribution is 2.31. The van der Waals surface area contributed by atoms with E-state index in [1.165, 1.54) is 0 Å². The number of nitrogen functional groups attached to an aromatic ring is 1. The molecule has 21 heavy (non-hydrogen) atoms. The van der Waals surface area contributed by atoms with Crippen LogP contribution in [0.25, 0.3) is 0 Å². The number of fused-ring (bicyclic) bond motifs is 1. The molecule has 1 aliphatic rings. The Morgan fingerprint density at radius 3 is 2.81 bits per heavy atom. The second-order valence-corrected chi connectivity index (χ2v) is 5.47. The topological polar surface area (TPSA) is 66.6 Å². The fourth-order valence-corrected chi connectivity index (χ4v) is 2.80. The quantitative estimate of drug-likeness (QED) is 0.790. The first-order valence-corrected chi connectivity index (χ1v) is 7.06. The fraction of sp³-hybridized carbons (Fsp3) is 0.235. The van der Waals surface area contributed by atoms with E-state index >= 15 is 0 Å². The van der Waals surface area contributed by atoms with Crippen LogP contribution >= 0.6 is 0 Å². The molecule has 108 valence electrons. The van der Waals surface area contributed by atoms with E-state index < -0.39 is 0 Å². The average molecular weight is 282 g/mol. The Morgan fingerprint density at radius 1 is 1.24 bits per heavy atom. The van der Waals surface area contributed by atoms with Gasteiger partial charge in [-0.05, 0) is 61.2 Å². The molecule has 0 fully saturated rings. The summed E-state index contributed by atoms with van der Waals surface area (Å²) in [7, 11) is 0. The number of aromatic hydroxyl groups is 1. The van der Waals surface area contributed by atoms with Crippen molar-refractivity contribution in [2.75, 3.05) is 17.2 Å². The van der Waals surface area contributed by atoms with Gasteiger partial charge in [0.1, 0.15) is 5.75 Å². The normalized spacial score (nSPS) is 13.9. The molecular formula is C17H18N2O2. The number of anilines is 2. The lowest BCUT2D eigenvalue weighted by molar-refractivity contribution is 0.0982. The lowest BCUT2D eigenvalue weighted by atomic mass is 9.99. The lowest BCUT2D eigenvalue weighted by Crippen LogP contribution is -2.35. The van der Waals surface area contributed by atoms with Gasteiger partial charge in [0.25, 0.3) is 5.91 Å². The van der Waals surface area contributed by atoms with Crippen LogP contribution in [0.15, 0.2) is 36.4 Å². The van der Waals surface area contributed by atoms with Gasteiger partial charge in [-0.15, -0.1) is 0 Å². The van der Waals surface area contributed by atoms with Crippen LogP contribution in [0.3, 0.4) is 0 Å². The van der Waals surface area contributed by atoms with Gasteiger partial charge in [-0.25, -0.2) is 0 Å². The van der Waals surface area contributed by atoms with E-state index in [1.54, 1.807) is 23.1 Å². The molecule has 0 atom stereocenters. The van der Waals surface area contributed by atoms with E-state index in [0.717, 1.165) is 29.7 Å². The number of hydrogen-bond acceptors (Lipinski definition) is 3. The number of hydrogen-bond donors (Lipinski definition) is 2. The third-order valence-corrected chi connectivity index (χ3v) is 3.85. The zero-order chi connectivity index (χ0) is 15.0. The first kappa shape index (κ1) is 13.5. The molecule has 0 spiro atoms. The summed E-state index contributed by atoms with van der Waals surface area (Å²) in [6.45, 7) is 2.54. The van der Waals surface area contributed by atoms with Crippen molar-refractivity contribution in [3.05, 3.63) is 53.1 Å². The van der Waals surface area contributed by atoms with Crippen molar-refractivity contribution in [2.45, 2.75) is 19.8 Å². The van der Waals surface area contributed by atoms with Crippen LogP contribution in [0.2, 0.25) is 0 Å². The number of phenols is 1. The zero-order valence-electron chi connectivity index (χ0n) is 12.0. The molecule has 4 nitrogen and oxygen atoms in total. The largest absolute Gasteiger partial charge is 0.507 e. The molecule has 0 aliphatic carbocycles. The van der Waals surface area contributed by atoms with E-state index in [0.29, 0.717) is 17.8 Å². The number of aryl methyl sites for hydroxylation is 2. The number of amides is 1. The maximum atomic E-state index is 12.7. The van der Waals surface area contributed by atoms with Crippen LogP contribution in [-0.4, -0.2) is 17.6 Å². The number of benzene rings is 2. The second kappa shape index (κ2) is 5.13. The Morgan fingerprint density at radius 2 is 2.05 bits per heavy atom. The number of phenolic OH excluding ortho intramolecular Hbond substituents is 1. The highest BCUT2D eigenvalue weighted by molar-refractivity contribution is 6.08. The number of rotatable bonds is 1. The van der Waals surface area contributed by atoms with Crippen LogP contribution in [0.5, 0.6) is 5.75 Å². The Balaban J connectivity index is 2.00. The summed E-state index contributed by atoms with van der Waals surface area (Å²) in [5.74, 6) is -0.138. The van der Waals surface area contributed by atoms with E-state index in [1.807, 2.05) is 25.1 Å². The molecule has 3 N–H and O–H groups in total. The highest BCUT2D eigenvalue weighted by Gasteiger charge is 2.25. The first-order valence-electron chi connectivity index (χ1n) is 7.06. The summed E-state index contributed by atoms with van der Waals surface area (Å²) >= 11 is 0. The van der Waals surface area contributed by atoms with Gasteiger partial charge in [0.05, 0.1) is 5.56 Å². The molecule has 0 unspecified atom stereocenters. The zero-order valence-corrected chi connectivity index (χ0v) is 12.0. The molecule has 1 aliphatic heterocycles. The van der Waals surface area contributed by atoms with Crippen molar-refractivity contribution in [1.29, 1.82) is 0 Å². The molecule has 0 bridgehead atoms. The Labute approximate surface area is 123 Å². The molecule has 2 aromatic carbocycles. The molecule has 1 heterocycles. The van der Waals surface area contributed by atoms with Crippen molar-refractivity contribution in [1.82, 2.24) is 0 Å². The maximum Gasteiger partial charge on any atom is 0.262 e. The van der Waals surface area contributed by atoms with E-state index in [4.69, 9.17) is 5.73 Å². The van der Waals surface area contributed by atoms with Crippen LogP contribution in [0, 0.1) is 6.92 Å². The minimum Gasteiger partial charge on any atom is -0.507 e. The smallest absolute Gasteiger partial charge is 0.262 e. The summed E-state index contributed by atoms with van der Waals surface area (Å²) in [5, 5.41) is 10.0. The summed E-state index contributed by atoms with van der Waals surface area (Å²) in [5.41, 5.74) is 9.76. The van der Waals surface area contributed by atoms with E-state index in [-0.39, 0.29) is 11.7 Å². The predicted molar refractivity (Wildman–Crippen MR) is 83.7 cm³/mol. The number of carbonyl (C=O) groups excluding carboxylic acids is 1. The molecule has 0 aromatic heterocycles. The summed E-state index contributed by atoms with van der Waals surface area (Å²) in [4.78, 5) is 14.4. The third kappa shape index (κ3) is 2.44. The molecule has 1 amide bonds. The maximum absolute atomic E-state index is 12.7. The van der Waals surface area contributed by atoms with Crippen molar-refractivity contribution in [3.8, 4) is 5.75 Å². The van der Waals surface area contributed by atoms with Gasteiger partial charge < -0.3 is 15.7 Å². The van der Waals surface area contributed by atoms with Crippen molar-refractivity contribution in [2.24, 2.45) is 0 Å². The first-order chi connectivity index (χ1) is 10.1. The van der Waals surface area contributed by atoms with Gasteiger partial charge in [0, 0.05) is 17.9 Å². The molecule has 4 heteroatoms. The number of carbonyl (C=O) groups is 1. The summed E-state index contributed by atoms with van der Waals surface area (Å²) in [6.07, 6.45) is 1.82. The minimum atomic E-state index is -0.168. The fourth-order valence-electron chi connectivity index (χ4n) is 2.80. The van der Waals surface area contributed by atoms with E-state index in [2.05, 4.69) is 0 Å². The summed E-state index contributed by atoms with van der Waals surface area (Å²) in [6, 6.07) is 10.7. The van der Waals surface area contributed by atoms with Crippen LogP contribution in [0.1, 0.15) is 27.9 Å². The van der Waals surface area contributed by atoms with Crippen LogP contribution in [-0.2, 0) is 6.42 Å². The average Bonchev–Trinajstić information content (AvgIpc) is 2.45. The van der Waals surface area contributed by atoms with E-state index in [9.17, 15) is 9.90 Å². The Bertz CT molecular complexity index is 710. The SMILES string of the molecule is Cc1ccc(C(=O)N2CCCc3cc(N)ccc32)c(O)c1. The second-order valence-electron chi connectivity index (χ2n) is 5.47. The van der Waals surface area contributed by atoms with Gasteiger partial charge in [-0.2, -0.15) is 0 Å². The van der Waals surface area contributed by atoms with Crippen LogP contribution < -0.4 is 10.6 Å². The highest BCUT2D eigenvalue weighted by atomic mass is 16.3. The number of nitrogens with two attached hydrogens (primary N) is 1. The molecular weight excluding hydrogens is 264 g/mol. The van der Waals surface area contributed by atoms with Gasteiger partial charge in [0.15, 0.2) is 0 Å². The number of nitrogens with zero attached hydrogens (tertiary/aromatic N) is 1. The standard InChI is InChI=1S/C17H18N2O2/c1-11-4-6-14(16(20)9-11)17(21)19-8-2-3-12-10-13(18)5-7-15(12)19/h4-7,9-10,20H,2-3,8,18H2,1H3. The lowest BCUT2D eigenvalue weighted by Gasteiger charge is -2.30. The van der Waals surface area contributed by atoms with Crippen molar-refractivity contribution in [3.63, 3.8) is 0 Å². The van der Waals surface area contributed by atoms with Crippen LogP contribution in [0.4, 0.5) is 11.4 Å². The Hall–Kier alpha value is -2.49. The van der Waals surface area contributed by atoms with Gasteiger partial charge in [0.2, 0.25) is 0 Å². The summed E-state index contributed by atoms with van der Waals surface area (Å²) < 4.78 is 0. The Kier molecular flexibility index (Phi) is 3.29. The van der Waals surface area contributed by atoms with Crippen molar-refractivity contribution < 1.29 is 9.90 Å². The minimum absolute atomic E-state index is 0.0302. The third-order valence-electron chi connectivity index (χ3n) is 3.85. The molecule has 0 saturated heterocycles. The molecule has 0 saturated carbocycles. The van der Waals surface area contributed by atoms with Gasteiger partial charge in [-0.1, -0.05) is 6.07 Å². The monoisotopic (exact) mass is 282 g/mol. The van der Waals surface area contributed by atoms with Gasteiger partial charge >= 0.3 is 0 Å². The molecule has 0 radical (unpaired) electrons. The molecule has 3 rings (SSSR count).